The van der Waals surface area contributed by atoms with Crippen LogP contribution in [0.15, 0.2) is 28.7 Å². The average molecular weight is 286 g/mol. The van der Waals surface area contributed by atoms with Crippen molar-refractivity contribution < 1.29 is 4.74 Å². The number of benzene rings is 1. The molecule has 1 rings (SSSR count). The summed E-state index contributed by atoms with van der Waals surface area (Å²) in [5.74, 6) is 0.385. The molecule has 0 heterocycles. The molecule has 0 saturated carbocycles. The zero-order valence-corrected chi connectivity index (χ0v) is 11.5. The summed E-state index contributed by atoms with van der Waals surface area (Å²) in [6.07, 6.45) is 1.27. The number of ether oxygens (including phenoxy) is 1. The van der Waals surface area contributed by atoms with E-state index in [4.69, 9.17) is 10.5 Å². The molecular weight excluding hydrogens is 266 g/mol. The first-order valence-corrected chi connectivity index (χ1v) is 6.50. The minimum atomic E-state index is 0.293. The molecule has 16 heavy (non-hydrogen) atoms. The van der Waals surface area contributed by atoms with Crippen LogP contribution in [0, 0.1) is 0 Å². The van der Waals surface area contributed by atoms with E-state index in [9.17, 15) is 0 Å². The second-order valence-electron chi connectivity index (χ2n) is 4.20. The lowest BCUT2D eigenvalue weighted by atomic mass is 9.96. The predicted molar refractivity (Wildman–Crippen MR) is 71.6 cm³/mol. The summed E-state index contributed by atoms with van der Waals surface area (Å²) in [6.45, 7) is 5.54. The van der Waals surface area contributed by atoms with Crippen molar-refractivity contribution in [2.24, 2.45) is 5.73 Å². The third-order valence-corrected chi connectivity index (χ3v) is 3.02. The lowest BCUT2D eigenvalue weighted by molar-refractivity contribution is 0.0737. The van der Waals surface area contributed by atoms with Crippen LogP contribution in [-0.2, 0) is 4.74 Å². The van der Waals surface area contributed by atoms with Crippen LogP contribution < -0.4 is 5.73 Å². The van der Waals surface area contributed by atoms with Crippen LogP contribution in [0.3, 0.4) is 0 Å². The molecule has 0 fully saturated rings. The Hall–Kier alpha value is -0.380. The molecule has 0 aromatic heterocycles. The van der Waals surface area contributed by atoms with E-state index < -0.39 is 0 Å². The van der Waals surface area contributed by atoms with Crippen LogP contribution in [0.5, 0.6) is 0 Å². The monoisotopic (exact) mass is 285 g/mol. The van der Waals surface area contributed by atoms with Gasteiger partial charge in [-0.25, -0.2) is 0 Å². The highest BCUT2D eigenvalue weighted by Gasteiger charge is 2.10. The van der Waals surface area contributed by atoms with Gasteiger partial charge in [0, 0.05) is 11.1 Å². The first-order valence-electron chi connectivity index (χ1n) is 5.70. The van der Waals surface area contributed by atoms with Gasteiger partial charge in [0.1, 0.15) is 0 Å². The zero-order valence-electron chi connectivity index (χ0n) is 9.95. The second kappa shape index (κ2) is 7.05. The Morgan fingerprint density at radius 2 is 2.12 bits per heavy atom. The van der Waals surface area contributed by atoms with E-state index in [1.807, 2.05) is 12.1 Å². The lowest BCUT2D eigenvalue weighted by Crippen LogP contribution is -2.16. The van der Waals surface area contributed by atoms with Crippen LogP contribution in [-0.4, -0.2) is 19.3 Å². The highest BCUT2D eigenvalue weighted by molar-refractivity contribution is 9.10. The fourth-order valence-electron chi connectivity index (χ4n) is 1.63. The molecule has 1 unspecified atom stereocenters. The number of hydrogen-bond donors (Lipinski definition) is 1. The number of nitrogens with two attached hydrogens (primary N) is 1. The molecule has 1 aromatic carbocycles. The number of rotatable bonds is 6. The van der Waals surface area contributed by atoms with Crippen LogP contribution in [0.2, 0.25) is 0 Å². The van der Waals surface area contributed by atoms with Gasteiger partial charge in [-0.1, -0.05) is 28.1 Å². The van der Waals surface area contributed by atoms with Crippen molar-refractivity contribution >= 4 is 15.9 Å². The highest BCUT2D eigenvalue weighted by Crippen LogP contribution is 2.22. The van der Waals surface area contributed by atoms with Crippen LogP contribution >= 0.6 is 15.9 Å². The molecule has 0 radical (unpaired) electrons. The zero-order chi connectivity index (χ0) is 12.0. The van der Waals surface area contributed by atoms with Gasteiger partial charge in [-0.3, -0.25) is 0 Å². The predicted octanol–water partition coefficient (Wildman–Crippen LogP) is 3.31. The Kier molecular flexibility index (Phi) is 6.03. The maximum absolute atomic E-state index is 5.80. The molecule has 0 aliphatic rings. The summed E-state index contributed by atoms with van der Waals surface area (Å²) in [7, 11) is 0. The smallest absolute Gasteiger partial charge is 0.0518 e. The Morgan fingerprint density at radius 3 is 2.69 bits per heavy atom. The van der Waals surface area contributed by atoms with Gasteiger partial charge in [0.25, 0.3) is 0 Å². The summed E-state index contributed by atoms with van der Waals surface area (Å²) >= 11 is 3.48. The van der Waals surface area contributed by atoms with Crippen LogP contribution in [0.4, 0.5) is 0 Å². The second-order valence-corrected chi connectivity index (χ2v) is 5.11. The lowest BCUT2D eigenvalue weighted by Gasteiger charge is -2.16. The Balaban J connectivity index is 2.53. The molecule has 1 atom stereocenters. The summed E-state index contributed by atoms with van der Waals surface area (Å²) in [5.41, 5.74) is 7.08. The molecule has 2 nitrogen and oxygen atoms in total. The van der Waals surface area contributed by atoms with Gasteiger partial charge in [-0.2, -0.15) is 0 Å². The van der Waals surface area contributed by atoms with E-state index in [0.29, 0.717) is 18.6 Å². The molecule has 0 bridgehead atoms. The largest absolute Gasteiger partial charge is 0.379 e. The summed E-state index contributed by atoms with van der Waals surface area (Å²) in [4.78, 5) is 0. The molecule has 3 heteroatoms. The third kappa shape index (κ3) is 4.64. The molecule has 0 aliphatic heterocycles. The quantitative estimate of drug-likeness (QED) is 0.870. The van der Waals surface area contributed by atoms with E-state index in [0.717, 1.165) is 17.5 Å². The van der Waals surface area contributed by atoms with Gasteiger partial charge in [0.15, 0.2) is 0 Å². The molecule has 2 N–H and O–H groups in total. The van der Waals surface area contributed by atoms with Gasteiger partial charge in [-0.15, -0.1) is 0 Å². The molecule has 90 valence electrons. The Bertz CT molecular complexity index is 315. The fourth-order valence-corrected chi connectivity index (χ4v) is 2.04. The van der Waals surface area contributed by atoms with Gasteiger partial charge in [0.2, 0.25) is 0 Å². The van der Waals surface area contributed by atoms with Crippen LogP contribution in [0.1, 0.15) is 31.7 Å². The molecule has 0 saturated heterocycles. The maximum atomic E-state index is 5.80. The van der Waals surface area contributed by atoms with Crippen molar-refractivity contribution in [2.75, 3.05) is 13.2 Å². The van der Waals surface area contributed by atoms with Crippen molar-refractivity contribution in [3.05, 3.63) is 34.3 Å². The topological polar surface area (TPSA) is 35.2 Å². The van der Waals surface area contributed by atoms with E-state index >= 15 is 0 Å². The summed E-state index contributed by atoms with van der Waals surface area (Å²) in [6, 6.07) is 8.33. The SMILES string of the molecule is CC(C)OCCC(CN)c1cccc(Br)c1. The average Bonchev–Trinajstić information content (AvgIpc) is 2.24. The van der Waals surface area contributed by atoms with Crippen molar-refractivity contribution in [2.45, 2.75) is 32.3 Å². The van der Waals surface area contributed by atoms with E-state index in [1.165, 1.54) is 5.56 Å². The maximum Gasteiger partial charge on any atom is 0.0518 e. The van der Waals surface area contributed by atoms with Gasteiger partial charge in [-0.05, 0) is 50.4 Å². The van der Waals surface area contributed by atoms with E-state index in [2.05, 4.69) is 41.9 Å². The summed E-state index contributed by atoms with van der Waals surface area (Å²) < 4.78 is 6.66. The highest BCUT2D eigenvalue weighted by atomic mass is 79.9. The van der Waals surface area contributed by atoms with Gasteiger partial charge < -0.3 is 10.5 Å². The van der Waals surface area contributed by atoms with Crippen molar-refractivity contribution in [1.82, 2.24) is 0 Å². The van der Waals surface area contributed by atoms with Gasteiger partial charge in [0.05, 0.1) is 6.10 Å². The van der Waals surface area contributed by atoms with Crippen molar-refractivity contribution in [1.29, 1.82) is 0 Å². The first kappa shape index (κ1) is 13.7. The molecule has 0 spiro atoms. The Labute approximate surface area is 106 Å². The molecule has 0 amide bonds. The number of halogens is 1. The molecule has 0 aliphatic carbocycles. The van der Waals surface area contributed by atoms with Crippen molar-refractivity contribution in [3.8, 4) is 0 Å². The van der Waals surface area contributed by atoms with Gasteiger partial charge >= 0.3 is 0 Å². The number of hydrogen-bond acceptors (Lipinski definition) is 2. The normalized spacial score (nSPS) is 13.1. The molecular formula is C13H20BrNO. The summed E-state index contributed by atoms with van der Waals surface area (Å²) in [5, 5.41) is 0. The third-order valence-electron chi connectivity index (χ3n) is 2.52. The standard InChI is InChI=1S/C13H20BrNO/c1-10(2)16-7-6-12(9-15)11-4-3-5-13(14)8-11/h3-5,8,10,12H,6-7,9,15H2,1-2H3. The minimum Gasteiger partial charge on any atom is -0.379 e. The first-order chi connectivity index (χ1) is 7.63. The van der Waals surface area contributed by atoms with E-state index in [-0.39, 0.29) is 0 Å². The Morgan fingerprint density at radius 1 is 1.38 bits per heavy atom. The van der Waals surface area contributed by atoms with Crippen LogP contribution in [0.25, 0.3) is 0 Å². The minimum absolute atomic E-state index is 0.293. The van der Waals surface area contributed by atoms with E-state index in [1.54, 1.807) is 0 Å². The molecule has 1 aromatic rings. The van der Waals surface area contributed by atoms with Crippen molar-refractivity contribution in [3.63, 3.8) is 0 Å². The fraction of sp³-hybridized carbons (Fsp3) is 0.538.